The van der Waals surface area contributed by atoms with Crippen molar-refractivity contribution in [3.8, 4) is 0 Å². The van der Waals surface area contributed by atoms with Crippen molar-refractivity contribution in [3.05, 3.63) is 108 Å². The van der Waals surface area contributed by atoms with Gasteiger partial charge in [0.2, 0.25) is 0 Å². The van der Waals surface area contributed by atoms with Gasteiger partial charge in [-0.2, -0.15) is 0 Å². The van der Waals surface area contributed by atoms with Crippen LogP contribution in [-0.4, -0.2) is 5.97 Å². The van der Waals surface area contributed by atoms with E-state index >= 15 is 0 Å². The molecule has 0 heterocycles. The van der Waals surface area contributed by atoms with Gasteiger partial charge in [0.05, 0.1) is 0 Å². The van der Waals surface area contributed by atoms with Gasteiger partial charge in [-0.05, 0) is 23.6 Å². The van der Waals surface area contributed by atoms with Crippen LogP contribution in [0.1, 0.15) is 35.7 Å². The molecule has 0 aliphatic rings. The molecule has 0 fully saturated rings. The fourth-order valence-electron chi connectivity index (χ4n) is 2.85. The molecule has 3 heteroatoms. The smallest absolute Gasteiger partial charge is 0.328 e. The van der Waals surface area contributed by atoms with Crippen LogP contribution in [0.2, 0.25) is 0 Å². The molecular weight excluding hydrogens is 322 g/mol. The Labute approximate surface area is 154 Å². The van der Waals surface area contributed by atoms with Crippen LogP contribution >= 0.6 is 0 Å². The Hall–Kier alpha value is -2.91. The van der Waals surface area contributed by atoms with Gasteiger partial charge in [0.15, 0.2) is 0 Å². The van der Waals surface area contributed by atoms with E-state index in [0.29, 0.717) is 0 Å². The minimum Gasteiger partial charge on any atom is -0.459 e. The Kier molecular flexibility index (Phi) is 6.18. The molecular formula is C23H23NO2. The summed E-state index contributed by atoms with van der Waals surface area (Å²) in [6.45, 7) is 2.32. The van der Waals surface area contributed by atoms with E-state index in [1.54, 1.807) is 0 Å². The molecule has 3 aromatic carbocycles. The first-order chi connectivity index (χ1) is 12.7. The van der Waals surface area contributed by atoms with Crippen LogP contribution in [0.4, 0.5) is 0 Å². The van der Waals surface area contributed by atoms with Gasteiger partial charge in [-0.3, -0.25) is 5.32 Å². The zero-order chi connectivity index (χ0) is 18.2. The number of rotatable bonds is 7. The number of nitrogens with one attached hydrogen (secondary N) is 1. The van der Waals surface area contributed by atoms with Crippen molar-refractivity contribution in [2.24, 2.45) is 0 Å². The van der Waals surface area contributed by atoms with Crippen molar-refractivity contribution in [2.75, 3.05) is 0 Å². The third-order valence-electron chi connectivity index (χ3n) is 4.31. The monoisotopic (exact) mass is 345 g/mol. The Morgan fingerprint density at radius 3 is 1.88 bits per heavy atom. The molecule has 3 aromatic rings. The molecule has 26 heavy (non-hydrogen) atoms. The fourth-order valence-corrected chi connectivity index (χ4v) is 2.85. The minimum atomic E-state index is -0.518. The Morgan fingerprint density at radius 1 is 0.808 bits per heavy atom. The predicted octanol–water partition coefficient (Wildman–Crippen LogP) is 4.82. The topological polar surface area (TPSA) is 38.3 Å². The molecule has 132 valence electrons. The zero-order valence-electron chi connectivity index (χ0n) is 14.8. The SMILES string of the molecule is C[C@@H](N[C@@H](C(=O)OCc1ccccc1)c1ccccc1)c1ccccc1. The molecule has 0 unspecified atom stereocenters. The van der Waals surface area contributed by atoms with Gasteiger partial charge in [0, 0.05) is 6.04 Å². The third-order valence-corrected chi connectivity index (χ3v) is 4.31. The summed E-state index contributed by atoms with van der Waals surface area (Å²) in [6, 6.07) is 29.0. The summed E-state index contributed by atoms with van der Waals surface area (Å²) >= 11 is 0. The predicted molar refractivity (Wildman–Crippen MR) is 103 cm³/mol. The van der Waals surface area contributed by atoms with Crippen molar-refractivity contribution in [1.82, 2.24) is 5.32 Å². The van der Waals surface area contributed by atoms with Crippen LogP contribution in [-0.2, 0) is 16.1 Å². The lowest BCUT2D eigenvalue weighted by molar-refractivity contribution is -0.148. The van der Waals surface area contributed by atoms with E-state index in [9.17, 15) is 4.79 Å². The molecule has 0 radical (unpaired) electrons. The lowest BCUT2D eigenvalue weighted by Crippen LogP contribution is -2.32. The molecule has 1 N–H and O–H groups in total. The number of benzene rings is 3. The lowest BCUT2D eigenvalue weighted by atomic mass is 10.0. The van der Waals surface area contributed by atoms with Crippen molar-refractivity contribution < 1.29 is 9.53 Å². The number of hydrogen-bond acceptors (Lipinski definition) is 3. The molecule has 3 rings (SSSR count). The van der Waals surface area contributed by atoms with Crippen LogP contribution in [0, 0.1) is 0 Å². The van der Waals surface area contributed by atoms with Gasteiger partial charge in [0.25, 0.3) is 0 Å². The number of ether oxygens (including phenoxy) is 1. The highest BCUT2D eigenvalue weighted by Gasteiger charge is 2.24. The van der Waals surface area contributed by atoms with Gasteiger partial charge >= 0.3 is 5.97 Å². The van der Waals surface area contributed by atoms with E-state index in [0.717, 1.165) is 16.7 Å². The van der Waals surface area contributed by atoms with Gasteiger partial charge in [-0.15, -0.1) is 0 Å². The van der Waals surface area contributed by atoms with Crippen LogP contribution in [0.25, 0.3) is 0 Å². The molecule has 0 amide bonds. The fraction of sp³-hybridized carbons (Fsp3) is 0.174. The number of hydrogen-bond donors (Lipinski definition) is 1. The van der Waals surface area contributed by atoms with Crippen LogP contribution in [0.15, 0.2) is 91.0 Å². The Morgan fingerprint density at radius 2 is 1.31 bits per heavy atom. The number of carbonyl (C=O) groups is 1. The molecule has 0 saturated carbocycles. The van der Waals surface area contributed by atoms with E-state index in [1.807, 2.05) is 78.9 Å². The first-order valence-electron chi connectivity index (χ1n) is 8.80. The third kappa shape index (κ3) is 4.80. The second kappa shape index (κ2) is 8.97. The molecule has 0 aliphatic heterocycles. The van der Waals surface area contributed by atoms with E-state index in [1.165, 1.54) is 0 Å². The molecule has 0 spiro atoms. The van der Waals surface area contributed by atoms with Crippen molar-refractivity contribution in [2.45, 2.75) is 25.6 Å². The van der Waals surface area contributed by atoms with Crippen LogP contribution < -0.4 is 5.32 Å². The molecule has 0 aliphatic carbocycles. The molecule has 0 bridgehead atoms. The minimum absolute atomic E-state index is 0.0191. The van der Waals surface area contributed by atoms with Gasteiger partial charge in [0.1, 0.15) is 12.6 Å². The van der Waals surface area contributed by atoms with Gasteiger partial charge in [-0.1, -0.05) is 91.0 Å². The quantitative estimate of drug-likeness (QED) is 0.624. The summed E-state index contributed by atoms with van der Waals surface area (Å²) < 4.78 is 5.58. The average molecular weight is 345 g/mol. The van der Waals surface area contributed by atoms with E-state index in [-0.39, 0.29) is 18.6 Å². The lowest BCUT2D eigenvalue weighted by Gasteiger charge is -2.23. The Bertz CT molecular complexity index is 803. The molecule has 3 nitrogen and oxygen atoms in total. The standard InChI is InChI=1S/C23H23NO2/c1-18(20-13-7-3-8-14-20)24-22(21-15-9-4-10-16-21)23(25)26-17-19-11-5-2-6-12-19/h2-16,18,22,24H,17H2,1H3/t18-,22-/m1/s1. The average Bonchev–Trinajstić information content (AvgIpc) is 2.72. The summed E-state index contributed by atoms with van der Waals surface area (Å²) in [4.78, 5) is 12.8. The van der Waals surface area contributed by atoms with Crippen molar-refractivity contribution in [3.63, 3.8) is 0 Å². The second-order valence-electron chi connectivity index (χ2n) is 6.24. The van der Waals surface area contributed by atoms with E-state index < -0.39 is 6.04 Å². The maximum Gasteiger partial charge on any atom is 0.328 e. The largest absolute Gasteiger partial charge is 0.459 e. The second-order valence-corrected chi connectivity index (χ2v) is 6.24. The van der Waals surface area contributed by atoms with Crippen LogP contribution in [0.5, 0.6) is 0 Å². The Balaban J connectivity index is 1.74. The summed E-state index contributed by atoms with van der Waals surface area (Å²) in [5.41, 5.74) is 3.00. The maximum atomic E-state index is 12.8. The normalized spacial score (nSPS) is 13.0. The number of esters is 1. The highest BCUT2D eigenvalue weighted by molar-refractivity contribution is 5.77. The first kappa shape index (κ1) is 17.9. The summed E-state index contributed by atoms with van der Waals surface area (Å²) in [5.74, 6) is -0.275. The summed E-state index contributed by atoms with van der Waals surface area (Å²) in [5, 5.41) is 3.41. The number of carbonyl (C=O) groups excluding carboxylic acids is 1. The first-order valence-corrected chi connectivity index (χ1v) is 8.80. The maximum absolute atomic E-state index is 12.8. The highest BCUT2D eigenvalue weighted by Crippen LogP contribution is 2.21. The molecule has 0 saturated heterocycles. The molecule has 2 atom stereocenters. The summed E-state index contributed by atoms with van der Waals surface area (Å²) in [6.07, 6.45) is 0. The van der Waals surface area contributed by atoms with Crippen LogP contribution in [0.3, 0.4) is 0 Å². The highest BCUT2D eigenvalue weighted by atomic mass is 16.5. The summed E-state index contributed by atoms with van der Waals surface area (Å²) in [7, 11) is 0. The molecule has 0 aromatic heterocycles. The van der Waals surface area contributed by atoms with E-state index in [2.05, 4.69) is 24.4 Å². The van der Waals surface area contributed by atoms with Gasteiger partial charge < -0.3 is 4.74 Å². The van der Waals surface area contributed by atoms with Crippen molar-refractivity contribution >= 4 is 5.97 Å². The zero-order valence-corrected chi connectivity index (χ0v) is 14.8. The van der Waals surface area contributed by atoms with Crippen molar-refractivity contribution in [1.29, 1.82) is 0 Å². The van der Waals surface area contributed by atoms with Gasteiger partial charge in [-0.25, -0.2) is 4.79 Å². The van der Waals surface area contributed by atoms with E-state index in [4.69, 9.17) is 4.74 Å².